The Bertz CT molecular complexity index is 698. The molecule has 22 heavy (non-hydrogen) atoms. The van der Waals surface area contributed by atoms with Crippen molar-refractivity contribution in [3.8, 4) is 11.8 Å². The maximum atomic E-state index is 9.28. The van der Waals surface area contributed by atoms with Crippen LogP contribution in [0.4, 0.5) is 11.6 Å². The molecule has 1 aromatic heterocycles. The minimum Gasteiger partial charge on any atom is -0.497 e. The van der Waals surface area contributed by atoms with Crippen molar-refractivity contribution in [1.29, 1.82) is 5.26 Å². The normalized spacial score (nSPS) is 10.5. The summed E-state index contributed by atoms with van der Waals surface area (Å²) in [6.45, 7) is 0.535. The van der Waals surface area contributed by atoms with Crippen molar-refractivity contribution < 1.29 is 4.74 Å². The molecule has 2 aromatic rings. The number of hydrogen-bond donors (Lipinski definition) is 2. The number of anilines is 1. The summed E-state index contributed by atoms with van der Waals surface area (Å²) < 4.78 is 5.18. The topological polar surface area (TPSA) is 89.3 Å². The molecule has 0 radical (unpaired) electrons. The highest BCUT2D eigenvalue weighted by molar-refractivity contribution is 5.68. The van der Waals surface area contributed by atoms with Gasteiger partial charge in [-0.1, -0.05) is 12.1 Å². The van der Waals surface area contributed by atoms with E-state index in [1.807, 2.05) is 38.4 Å². The smallest absolute Gasteiger partial charge is 0.169 e. The average molecular weight is 298 g/mol. The van der Waals surface area contributed by atoms with E-state index in [1.165, 1.54) is 0 Å². The molecule has 0 saturated carbocycles. The standard InChI is InChI=1S/C15H18N6O/c1-21(2)10-18-15-13(8-16)14(19-20-15)17-9-11-5-4-6-12(7-11)22-3/h4-7,10H,9H2,1-3H3,(H2,17,19,20). The summed E-state index contributed by atoms with van der Waals surface area (Å²) in [5.74, 6) is 1.71. The second-order valence-electron chi connectivity index (χ2n) is 4.82. The van der Waals surface area contributed by atoms with Gasteiger partial charge in [0.2, 0.25) is 0 Å². The molecular weight excluding hydrogens is 280 g/mol. The van der Waals surface area contributed by atoms with E-state index in [-0.39, 0.29) is 0 Å². The van der Waals surface area contributed by atoms with Crippen LogP contribution in [0.25, 0.3) is 0 Å². The molecule has 0 atom stereocenters. The third-order valence-electron chi connectivity index (χ3n) is 2.87. The number of rotatable bonds is 6. The number of nitrogens with one attached hydrogen (secondary N) is 2. The molecule has 2 rings (SSSR count). The zero-order chi connectivity index (χ0) is 15.9. The minimum absolute atomic E-state index is 0.390. The molecule has 0 unspecified atom stereocenters. The highest BCUT2D eigenvalue weighted by atomic mass is 16.5. The quantitative estimate of drug-likeness (QED) is 0.630. The van der Waals surface area contributed by atoms with E-state index in [0.717, 1.165) is 11.3 Å². The van der Waals surface area contributed by atoms with Gasteiger partial charge in [0.05, 0.1) is 13.4 Å². The van der Waals surface area contributed by atoms with Crippen molar-refractivity contribution in [2.24, 2.45) is 4.99 Å². The van der Waals surface area contributed by atoms with Gasteiger partial charge in [-0.3, -0.25) is 5.10 Å². The molecule has 0 bridgehead atoms. The molecule has 0 aliphatic carbocycles. The number of H-pyrrole nitrogens is 1. The number of nitriles is 1. The molecular formula is C15H18N6O. The molecule has 0 aliphatic rings. The Morgan fingerprint density at radius 1 is 1.50 bits per heavy atom. The van der Waals surface area contributed by atoms with Gasteiger partial charge in [0.15, 0.2) is 11.6 Å². The van der Waals surface area contributed by atoms with E-state index in [9.17, 15) is 5.26 Å². The number of ether oxygens (including phenoxy) is 1. The Balaban J connectivity index is 2.11. The predicted octanol–water partition coefficient (Wildman–Crippen LogP) is 2.12. The SMILES string of the molecule is COc1cccc(CNc2n[nH]c(N=CN(C)C)c2C#N)c1. The Morgan fingerprint density at radius 3 is 3.00 bits per heavy atom. The fraction of sp³-hybridized carbons (Fsp3) is 0.267. The van der Waals surface area contributed by atoms with E-state index >= 15 is 0 Å². The number of aromatic nitrogens is 2. The number of aromatic amines is 1. The second kappa shape index (κ2) is 7.13. The van der Waals surface area contributed by atoms with Gasteiger partial charge in [-0.15, -0.1) is 0 Å². The van der Waals surface area contributed by atoms with Gasteiger partial charge < -0.3 is 15.0 Å². The summed E-state index contributed by atoms with van der Waals surface area (Å²) in [6.07, 6.45) is 1.61. The molecule has 7 nitrogen and oxygen atoms in total. The fourth-order valence-electron chi connectivity index (χ4n) is 1.80. The van der Waals surface area contributed by atoms with Gasteiger partial charge in [-0.05, 0) is 17.7 Å². The van der Waals surface area contributed by atoms with E-state index in [4.69, 9.17) is 4.74 Å². The third-order valence-corrected chi connectivity index (χ3v) is 2.87. The molecule has 0 amide bonds. The van der Waals surface area contributed by atoms with Gasteiger partial charge in [0.1, 0.15) is 17.4 Å². The Hall–Kier alpha value is -3.01. The predicted molar refractivity (Wildman–Crippen MR) is 85.5 cm³/mol. The van der Waals surface area contributed by atoms with Crippen molar-refractivity contribution in [3.63, 3.8) is 0 Å². The first-order valence-corrected chi connectivity index (χ1v) is 6.70. The van der Waals surface area contributed by atoms with Crippen LogP contribution in [0, 0.1) is 11.3 Å². The lowest BCUT2D eigenvalue weighted by molar-refractivity contribution is 0.414. The fourth-order valence-corrected chi connectivity index (χ4v) is 1.80. The molecule has 0 aliphatic heterocycles. The molecule has 0 fully saturated rings. The van der Waals surface area contributed by atoms with Crippen molar-refractivity contribution in [2.75, 3.05) is 26.5 Å². The molecule has 114 valence electrons. The monoisotopic (exact) mass is 298 g/mol. The van der Waals surface area contributed by atoms with E-state index in [1.54, 1.807) is 18.3 Å². The number of benzene rings is 1. The van der Waals surface area contributed by atoms with E-state index in [2.05, 4.69) is 26.6 Å². The number of methoxy groups -OCH3 is 1. The van der Waals surface area contributed by atoms with Crippen LogP contribution in [-0.2, 0) is 6.54 Å². The van der Waals surface area contributed by atoms with Crippen molar-refractivity contribution in [3.05, 3.63) is 35.4 Å². The molecule has 1 aromatic carbocycles. The van der Waals surface area contributed by atoms with E-state index < -0.39 is 0 Å². The van der Waals surface area contributed by atoms with Crippen LogP contribution >= 0.6 is 0 Å². The molecule has 2 N–H and O–H groups in total. The van der Waals surface area contributed by atoms with Crippen LogP contribution in [0.15, 0.2) is 29.3 Å². The van der Waals surface area contributed by atoms with Gasteiger partial charge in [0, 0.05) is 20.6 Å². The number of hydrogen-bond acceptors (Lipinski definition) is 5. The molecule has 7 heteroatoms. The first-order chi connectivity index (χ1) is 10.6. The summed E-state index contributed by atoms with van der Waals surface area (Å²) in [5, 5.41) is 19.3. The highest BCUT2D eigenvalue weighted by Gasteiger charge is 2.11. The van der Waals surface area contributed by atoms with Gasteiger partial charge in [0.25, 0.3) is 0 Å². The lowest BCUT2D eigenvalue weighted by Crippen LogP contribution is -2.07. The van der Waals surface area contributed by atoms with Crippen LogP contribution in [0.5, 0.6) is 5.75 Å². The summed E-state index contributed by atoms with van der Waals surface area (Å²) >= 11 is 0. The molecule has 0 spiro atoms. The summed E-state index contributed by atoms with van der Waals surface area (Å²) in [5.41, 5.74) is 1.42. The Labute approximate surface area is 129 Å². The number of aliphatic imine (C=N–C) groups is 1. The zero-order valence-corrected chi connectivity index (χ0v) is 12.8. The summed E-state index contributed by atoms with van der Waals surface area (Å²) in [4.78, 5) is 5.96. The summed E-state index contributed by atoms with van der Waals surface area (Å²) in [6, 6.07) is 9.81. The van der Waals surface area contributed by atoms with Gasteiger partial charge in [-0.2, -0.15) is 10.4 Å². The molecule has 0 saturated heterocycles. The Kier molecular flexibility index (Phi) is 4.98. The Morgan fingerprint density at radius 2 is 2.32 bits per heavy atom. The van der Waals surface area contributed by atoms with Crippen molar-refractivity contribution >= 4 is 18.0 Å². The van der Waals surface area contributed by atoms with Crippen LogP contribution in [0.1, 0.15) is 11.1 Å². The average Bonchev–Trinajstić information content (AvgIpc) is 2.93. The second-order valence-corrected chi connectivity index (χ2v) is 4.82. The van der Waals surface area contributed by atoms with Crippen LogP contribution < -0.4 is 10.1 Å². The maximum absolute atomic E-state index is 9.28. The van der Waals surface area contributed by atoms with Gasteiger partial charge >= 0.3 is 0 Å². The lowest BCUT2D eigenvalue weighted by atomic mass is 10.2. The largest absolute Gasteiger partial charge is 0.497 e. The van der Waals surface area contributed by atoms with E-state index in [0.29, 0.717) is 23.7 Å². The van der Waals surface area contributed by atoms with Crippen molar-refractivity contribution in [2.45, 2.75) is 6.54 Å². The zero-order valence-electron chi connectivity index (χ0n) is 12.8. The lowest BCUT2D eigenvalue weighted by Gasteiger charge is -2.06. The molecule has 1 heterocycles. The van der Waals surface area contributed by atoms with Crippen LogP contribution in [-0.4, -0.2) is 42.6 Å². The third kappa shape index (κ3) is 3.76. The van der Waals surface area contributed by atoms with Gasteiger partial charge in [-0.25, -0.2) is 4.99 Å². The highest BCUT2D eigenvalue weighted by Crippen LogP contribution is 2.23. The van der Waals surface area contributed by atoms with Crippen LogP contribution in [0.2, 0.25) is 0 Å². The maximum Gasteiger partial charge on any atom is 0.169 e. The summed E-state index contributed by atoms with van der Waals surface area (Å²) in [7, 11) is 5.34. The number of nitrogens with zero attached hydrogens (tertiary/aromatic N) is 4. The van der Waals surface area contributed by atoms with Crippen molar-refractivity contribution in [1.82, 2.24) is 15.1 Å². The first-order valence-electron chi connectivity index (χ1n) is 6.70. The minimum atomic E-state index is 0.390. The van der Waals surface area contributed by atoms with Crippen LogP contribution in [0.3, 0.4) is 0 Å². The first kappa shape index (κ1) is 15.4.